The maximum Gasteiger partial charge on any atom is 0.254 e. The molecule has 84 valence electrons. The van der Waals surface area contributed by atoms with E-state index in [-0.39, 0.29) is 11.9 Å². The summed E-state index contributed by atoms with van der Waals surface area (Å²) in [6.45, 7) is 7.94. The van der Waals surface area contributed by atoms with Crippen molar-refractivity contribution in [3.8, 4) is 0 Å². The summed E-state index contributed by atoms with van der Waals surface area (Å²) < 4.78 is 0. The summed E-state index contributed by atoms with van der Waals surface area (Å²) in [5, 5.41) is 3.50. The van der Waals surface area contributed by atoms with Gasteiger partial charge in [0.1, 0.15) is 0 Å². The van der Waals surface area contributed by atoms with Crippen LogP contribution >= 0.6 is 11.3 Å². The molecular weight excluding hydrogens is 208 g/mol. The van der Waals surface area contributed by atoms with Crippen LogP contribution < -0.4 is 11.1 Å². The van der Waals surface area contributed by atoms with E-state index in [0.717, 1.165) is 16.9 Å². The second-order valence-electron chi connectivity index (χ2n) is 3.86. The van der Waals surface area contributed by atoms with Gasteiger partial charge in [0.05, 0.1) is 10.6 Å². The van der Waals surface area contributed by atoms with Gasteiger partial charge < -0.3 is 11.1 Å². The summed E-state index contributed by atoms with van der Waals surface area (Å²) in [6.07, 6.45) is 0.848. The first-order chi connectivity index (χ1) is 6.97. The second kappa shape index (κ2) is 4.66. The lowest BCUT2D eigenvalue weighted by Gasteiger charge is -2.09. The molecule has 1 aromatic rings. The number of carbonyl (C=O) groups excluding carboxylic acids is 1. The SMILES string of the molecule is CCc1c(C)sc(N)c1C(=O)NC(C)C. The molecule has 4 heteroatoms. The standard InChI is InChI=1S/C11H18N2OS/c1-5-8-7(4)15-10(12)9(8)11(14)13-6(2)3/h6H,5,12H2,1-4H3,(H,13,14). The average molecular weight is 226 g/mol. The molecule has 0 radical (unpaired) electrons. The third kappa shape index (κ3) is 2.50. The zero-order valence-corrected chi connectivity index (χ0v) is 10.5. The van der Waals surface area contributed by atoms with E-state index in [2.05, 4.69) is 5.32 Å². The number of nitrogens with one attached hydrogen (secondary N) is 1. The van der Waals surface area contributed by atoms with E-state index < -0.39 is 0 Å². The van der Waals surface area contributed by atoms with Crippen molar-refractivity contribution in [3.05, 3.63) is 16.0 Å². The molecule has 0 aliphatic heterocycles. The van der Waals surface area contributed by atoms with Gasteiger partial charge in [0, 0.05) is 10.9 Å². The Labute approximate surface area is 94.7 Å². The number of anilines is 1. The van der Waals surface area contributed by atoms with Gasteiger partial charge in [0.15, 0.2) is 0 Å². The molecule has 1 heterocycles. The summed E-state index contributed by atoms with van der Waals surface area (Å²) in [5.41, 5.74) is 7.61. The van der Waals surface area contributed by atoms with E-state index in [9.17, 15) is 4.79 Å². The Kier molecular flexibility index (Phi) is 3.74. The molecule has 3 nitrogen and oxygen atoms in total. The number of rotatable bonds is 3. The Morgan fingerprint density at radius 3 is 2.60 bits per heavy atom. The molecule has 1 amide bonds. The van der Waals surface area contributed by atoms with Crippen LogP contribution in [-0.2, 0) is 6.42 Å². The Hall–Kier alpha value is -1.03. The fourth-order valence-electron chi connectivity index (χ4n) is 1.61. The van der Waals surface area contributed by atoms with E-state index in [4.69, 9.17) is 5.73 Å². The monoisotopic (exact) mass is 226 g/mol. The molecule has 0 bridgehead atoms. The van der Waals surface area contributed by atoms with Crippen molar-refractivity contribution in [2.24, 2.45) is 0 Å². The second-order valence-corrected chi connectivity index (χ2v) is 5.11. The molecule has 0 saturated heterocycles. The minimum absolute atomic E-state index is 0.0521. The normalized spacial score (nSPS) is 10.7. The van der Waals surface area contributed by atoms with Crippen molar-refractivity contribution in [3.63, 3.8) is 0 Å². The lowest BCUT2D eigenvalue weighted by atomic mass is 10.1. The Bertz CT molecular complexity index is 369. The van der Waals surface area contributed by atoms with E-state index in [1.165, 1.54) is 11.3 Å². The fraction of sp³-hybridized carbons (Fsp3) is 0.545. The van der Waals surface area contributed by atoms with Gasteiger partial charge in [-0.2, -0.15) is 0 Å². The van der Waals surface area contributed by atoms with Crippen molar-refractivity contribution in [1.82, 2.24) is 5.32 Å². The average Bonchev–Trinajstić information content (AvgIpc) is 2.38. The highest BCUT2D eigenvalue weighted by molar-refractivity contribution is 7.16. The first-order valence-corrected chi connectivity index (χ1v) is 5.97. The maximum absolute atomic E-state index is 11.9. The number of thiophene rings is 1. The van der Waals surface area contributed by atoms with Crippen molar-refractivity contribution in [1.29, 1.82) is 0 Å². The van der Waals surface area contributed by atoms with Gasteiger partial charge in [-0.15, -0.1) is 11.3 Å². The largest absolute Gasteiger partial charge is 0.390 e. The van der Waals surface area contributed by atoms with Crippen LogP contribution in [0.5, 0.6) is 0 Å². The number of aryl methyl sites for hydroxylation is 1. The molecule has 0 fully saturated rings. The Morgan fingerprint density at radius 1 is 1.53 bits per heavy atom. The highest BCUT2D eigenvalue weighted by Gasteiger charge is 2.19. The van der Waals surface area contributed by atoms with Gasteiger partial charge in [-0.3, -0.25) is 4.79 Å². The third-order valence-corrected chi connectivity index (χ3v) is 3.21. The number of nitrogen functional groups attached to an aromatic ring is 1. The van der Waals surface area contributed by atoms with Gasteiger partial charge in [-0.1, -0.05) is 6.92 Å². The zero-order valence-electron chi connectivity index (χ0n) is 9.68. The minimum atomic E-state index is -0.0521. The Morgan fingerprint density at radius 2 is 2.13 bits per heavy atom. The van der Waals surface area contributed by atoms with Gasteiger partial charge in [-0.25, -0.2) is 0 Å². The fourth-order valence-corrected chi connectivity index (χ4v) is 2.63. The van der Waals surface area contributed by atoms with Crippen molar-refractivity contribution in [2.75, 3.05) is 5.73 Å². The zero-order chi connectivity index (χ0) is 11.6. The molecule has 0 atom stereocenters. The van der Waals surface area contributed by atoms with Crippen molar-refractivity contribution in [2.45, 2.75) is 40.2 Å². The summed E-state index contributed by atoms with van der Waals surface area (Å²) in [5.74, 6) is -0.0521. The summed E-state index contributed by atoms with van der Waals surface area (Å²) >= 11 is 1.49. The van der Waals surface area contributed by atoms with Crippen LogP contribution in [0.2, 0.25) is 0 Å². The van der Waals surface area contributed by atoms with Crippen LogP contribution in [-0.4, -0.2) is 11.9 Å². The molecule has 0 spiro atoms. The molecule has 0 aromatic carbocycles. The molecule has 0 aliphatic carbocycles. The van der Waals surface area contributed by atoms with Crippen LogP contribution in [0, 0.1) is 6.92 Å². The topological polar surface area (TPSA) is 55.1 Å². The molecule has 1 aromatic heterocycles. The highest BCUT2D eigenvalue weighted by Crippen LogP contribution is 2.30. The molecule has 15 heavy (non-hydrogen) atoms. The van der Waals surface area contributed by atoms with E-state index in [0.29, 0.717) is 10.6 Å². The predicted molar refractivity (Wildman–Crippen MR) is 65.4 cm³/mol. The van der Waals surface area contributed by atoms with Crippen LogP contribution in [0.1, 0.15) is 41.6 Å². The van der Waals surface area contributed by atoms with E-state index >= 15 is 0 Å². The van der Waals surface area contributed by atoms with Gasteiger partial charge in [0.25, 0.3) is 5.91 Å². The molecular formula is C11H18N2OS. The van der Waals surface area contributed by atoms with Crippen LogP contribution in [0.3, 0.4) is 0 Å². The van der Waals surface area contributed by atoms with Crippen molar-refractivity contribution < 1.29 is 4.79 Å². The minimum Gasteiger partial charge on any atom is -0.390 e. The van der Waals surface area contributed by atoms with Gasteiger partial charge >= 0.3 is 0 Å². The molecule has 1 rings (SSSR count). The first kappa shape index (κ1) is 12.0. The lowest BCUT2D eigenvalue weighted by molar-refractivity contribution is 0.0943. The smallest absolute Gasteiger partial charge is 0.254 e. The number of carbonyl (C=O) groups is 1. The van der Waals surface area contributed by atoms with Crippen LogP contribution in [0.25, 0.3) is 0 Å². The Balaban J connectivity index is 3.07. The molecule has 0 aliphatic rings. The summed E-state index contributed by atoms with van der Waals surface area (Å²) in [6, 6.07) is 0.141. The highest BCUT2D eigenvalue weighted by atomic mass is 32.1. The number of hydrogen-bond acceptors (Lipinski definition) is 3. The van der Waals surface area contributed by atoms with E-state index in [1.807, 2.05) is 27.7 Å². The quantitative estimate of drug-likeness (QED) is 0.831. The van der Waals surface area contributed by atoms with Gasteiger partial charge in [-0.05, 0) is 32.8 Å². The van der Waals surface area contributed by atoms with Crippen LogP contribution in [0.4, 0.5) is 5.00 Å². The first-order valence-electron chi connectivity index (χ1n) is 5.16. The molecule has 0 unspecified atom stereocenters. The lowest BCUT2D eigenvalue weighted by Crippen LogP contribution is -2.30. The third-order valence-electron chi connectivity index (χ3n) is 2.24. The van der Waals surface area contributed by atoms with E-state index in [1.54, 1.807) is 0 Å². The number of amides is 1. The van der Waals surface area contributed by atoms with Gasteiger partial charge in [0.2, 0.25) is 0 Å². The van der Waals surface area contributed by atoms with Crippen molar-refractivity contribution >= 4 is 22.2 Å². The molecule has 0 saturated carbocycles. The molecule has 3 N–H and O–H groups in total. The predicted octanol–water partition coefficient (Wildman–Crippen LogP) is 2.34. The summed E-state index contributed by atoms with van der Waals surface area (Å²) in [7, 11) is 0. The number of nitrogens with two attached hydrogens (primary N) is 1. The number of hydrogen-bond donors (Lipinski definition) is 2. The summed E-state index contributed by atoms with van der Waals surface area (Å²) in [4.78, 5) is 13.0. The maximum atomic E-state index is 11.9. The van der Waals surface area contributed by atoms with Crippen LogP contribution in [0.15, 0.2) is 0 Å².